The van der Waals surface area contributed by atoms with E-state index >= 15 is 0 Å². The fraction of sp³-hybridized carbons (Fsp3) is 0.462. The Kier molecular flexibility index (Phi) is 3.87. The first-order valence-corrected chi connectivity index (χ1v) is 6.13. The van der Waals surface area contributed by atoms with Crippen molar-refractivity contribution in [2.75, 3.05) is 18.0 Å². The van der Waals surface area contributed by atoms with Crippen LogP contribution >= 0.6 is 0 Å². The van der Waals surface area contributed by atoms with E-state index in [-0.39, 0.29) is 5.69 Å². The monoisotopic (exact) mass is 291 g/mol. The Bertz CT molecular complexity index is 508. The standard InChI is InChI=1S/C13H13F4NO2/c14-10-7-9(13(15,16)17)1-2-11(10)18-5-3-8(4-6-18)12(19)20/h1-2,7-8H,3-6H2,(H,19,20). The molecule has 1 aliphatic heterocycles. The first-order valence-electron chi connectivity index (χ1n) is 6.13. The van der Waals surface area contributed by atoms with E-state index in [1.165, 1.54) is 0 Å². The first kappa shape index (κ1) is 14.6. The summed E-state index contributed by atoms with van der Waals surface area (Å²) >= 11 is 0. The van der Waals surface area contributed by atoms with Gasteiger partial charge in [-0.15, -0.1) is 0 Å². The quantitative estimate of drug-likeness (QED) is 0.851. The molecule has 0 radical (unpaired) electrons. The van der Waals surface area contributed by atoms with Gasteiger partial charge in [0.05, 0.1) is 17.2 Å². The van der Waals surface area contributed by atoms with E-state index in [0.717, 1.165) is 12.1 Å². The zero-order valence-corrected chi connectivity index (χ0v) is 10.5. The molecule has 1 aromatic carbocycles. The lowest BCUT2D eigenvalue weighted by Crippen LogP contribution is -2.36. The highest BCUT2D eigenvalue weighted by Crippen LogP contribution is 2.33. The predicted molar refractivity (Wildman–Crippen MR) is 64.0 cm³/mol. The summed E-state index contributed by atoms with van der Waals surface area (Å²) in [6, 6.07) is 2.40. The zero-order chi connectivity index (χ0) is 14.9. The number of rotatable bonds is 2. The Morgan fingerprint density at radius 2 is 1.85 bits per heavy atom. The van der Waals surface area contributed by atoms with Gasteiger partial charge in [-0.05, 0) is 31.0 Å². The molecule has 1 fully saturated rings. The van der Waals surface area contributed by atoms with Gasteiger partial charge in [-0.25, -0.2) is 4.39 Å². The molecule has 2 rings (SSSR count). The fourth-order valence-corrected chi connectivity index (χ4v) is 2.31. The van der Waals surface area contributed by atoms with Crippen LogP contribution in [0.25, 0.3) is 0 Å². The van der Waals surface area contributed by atoms with Crippen LogP contribution in [0.2, 0.25) is 0 Å². The normalized spacial score (nSPS) is 17.3. The second kappa shape index (κ2) is 5.30. The number of benzene rings is 1. The van der Waals surface area contributed by atoms with Gasteiger partial charge in [-0.2, -0.15) is 13.2 Å². The van der Waals surface area contributed by atoms with Gasteiger partial charge in [0.2, 0.25) is 0 Å². The maximum Gasteiger partial charge on any atom is 0.416 e. The third-order valence-electron chi connectivity index (χ3n) is 3.46. The molecule has 1 aliphatic rings. The highest BCUT2D eigenvalue weighted by molar-refractivity contribution is 5.70. The second-order valence-electron chi connectivity index (χ2n) is 4.76. The number of nitrogens with zero attached hydrogens (tertiary/aromatic N) is 1. The summed E-state index contributed by atoms with van der Waals surface area (Å²) in [4.78, 5) is 12.4. The molecule has 1 saturated heterocycles. The third-order valence-corrected chi connectivity index (χ3v) is 3.46. The second-order valence-corrected chi connectivity index (χ2v) is 4.76. The third kappa shape index (κ3) is 3.02. The molecule has 0 spiro atoms. The van der Waals surface area contributed by atoms with E-state index in [0.29, 0.717) is 32.0 Å². The molecule has 1 heterocycles. The smallest absolute Gasteiger partial charge is 0.416 e. The van der Waals surface area contributed by atoms with Crippen molar-refractivity contribution in [2.45, 2.75) is 19.0 Å². The van der Waals surface area contributed by atoms with Gasteiger partial charge in [-0.3, -0.25) is 4.79 Å². The highest BCUT2D eigenvalue weighted by Gasteiger charge is 2.32. The molecule has 0 unspecified atom stereocenters. The number of halogens is 4. The molecule has 3 nitrogen and oxygen atoms in total. The van der Waals surface area contributed by atoms with Crippen molar-refractivity contribution in [3.8, 4) is 0 Å². The van der Waals surface area contributed by atoms with Gasteiger partial charge in [0, 0.05) is 13.1 Å². The number of aliphatic carboxylic acids is 1. The van der Waals surface area contributed by atoms with Crippen molar-refractivity contribution in [1.29, 1.82) is 0 Å². The van der Waals surface area contributed by atoms with Crippen LogP contribution in [0.4, 0.5) is 23.2 Å². The number of alkyl halides is 3. The summed E-state index contributed by atoms with van der Waals surface area (Å²) in [6.45, 7) is 0.637. The van der Waals surface area contributed by atoms with Crippen LogP contribution in [-0.2, 0) is 11.0 Å². The Hall–Kier alpha value is -1.79. The van der Waals surface area contributed by atoms with E-state index in [1.807, 2.05) is 0 Å². The number of carbonyl (C=O) groups is 1. The van der Waals surface area contributed by atoms with E-state index < -0.39 is 29.4 Å². The molecule has 1 N–H and O–H groups in total. The fourth-order valence-electron chi connectivity index (χ4n) is 2.31. The highest BCUT2D eigenvalue weighted by atomic mass is 19.4. The zero-order valence-electron chi connectivity index (χ0n) is 10.5. The molecular formula is C13H13F4NO2. The van der Waals surface area contributed by atoms with Crippen LogP contribution in [0.15, 0.2) is 18.2 Å². The van der Waals surface area contributed by atoms with Gasteiger partial charge < -0.3 is 10.0 Å². The summed E-state index contributed by atoms with van der Waals surface area (Å²) in [5.41, 5.74) is -0.944. The number of carboxylic acids is 1. The van der Waals surface area contributed by atoms with Gasteiger partial charge in [0.15, 0.2) is 0 Å². The van der Waals surface area contributed by atoms with Gasteiger partial charge >= 0.3 is 12.1 Å². The minimum Gasteiger partial charge on any atom is -0.481 e. The number of carboxylic acid groups (broad SMARTS) is 1. The molecule has 110 valence electrons. The average molecular weight is 291 g/mol. The van der Waals surface area contributed by atoms with Crippen molar-refractivity contribution in [3.63, 3.8) is 0 Å². The van der Waals surface area contributed by atoms with Crippen molar-refractivity contribution < 1.29 is 27.5 Å². The van der Waals surface area contributed by atoms with E-state index in [9.17, 15) is 22.4 Å². The number of piperidine rings is 1. The molecule has 7 heteroatoms. The van der Waals surface area contributed by atoms with Gasteiger partial charge in [0.1, 0.15) is 5.82 Å². The number of hydrogen-bond donors (Lipinski definition) is 1. The maximum absolute atomic E-state index is 13.8. The van der Waals surface area contributed by atoms with Crippen LogP contribution in [0.3, 0.4) is 0 Å². The van der Waals surface area contributed by atoms with Crippen LogP contribution < -0.4 is 4.90 Å². The molecule has 0 aromatic heterocycles. The van der Waals surface area contributed by atoms with E-state index in [4.69, 9.17) is 5.11 Å². The summed E-state index contributed by atoms with van der Waals surface area (Å²) < 4.78 is 51.1. The number of anilines is 1. The molecule has 1 aromatic rings. The lowest BCUT2D eigenvalue weighted by molar-refractivity contribution is -0.142. The predicted octanol–water partition coefficient (Wildman–Crippen LogP) is 3.15. The Labute approximate surface area is 112 Å². The molecule has 20 heavy (non-hydrogen) atoms. The van der Waals surface area contributed by atoms with Gasteiger partial charge in [0.25, 0.3) is 0 Å². The minimum absolute atomic E-state index is 0.0850. The van der Waals surface area contributed by atoms with E-state index in [1.54, 1.807) is 4.90 Å². The first-order chi connectivity index (χ1) is 9.29. The van der Waals surface area contributed by atoms with Crippen LogP contribution in [0.1, 0.15) is 18.4 Å². The van der Waals surface area contributed by atoms with Gasteiger partial charge in [-0.1, -0.05) is 0 Å². The number of hydrogen-bond acceptors (Lipinski definition) is 2. The molecule has 0 amide bonds. The van der Waals surface area contributed by atoms with E-state index in [2.05, 4.69) is 0 Å². The average Bonchev–Trinajstić information content (AvgIpc) is 2.37. The molecule has 0 aliphatic carbocycles. The molecule has 0 atom stereocenters. The molecular weight excluding hydrogens is 278 g/mol. The topological polar surface area (TPSA) is 40.5 Å². The van der Waals surface area contributed by atoms with Crippen LogP contribution in [-0.4, -0.2) is 24.2 Å². The SMILES string of the molecule is O=C(O)C1CCN(c2ccc(C(F)(F)F)cc2F)CC1. The molecule has 0 saturated carbocycles. The minimum atomic E-state index is -4.57. The van der Waals surface area contributed by atoms with Crippen LogP contribution in [0, 0.1) is 11.7 Å². The summed E-state index contributed by atoms with van der Waals surface area (Å²) in [5.74, 6) is -2.30. The Morgan fingerprint density at radius 3 is 2.30 bits per heavy atom. The molecule has 0 bridgehead atoms. The Morgan fingerprint density at radius 1 is 1.25 bits per heavy atom. The summed E-state index contributed by atoms with van der Waals surface area (Å²) in [5, 5.41) is 8.86. The lowest BCUT2D eigenvalue weighted by atomic mass is 9.96. The van der Waals surface area contributed by atoms with Crippen molar-refractivity contribution >= 4 is 11.7 Å². The Balaban J connectivity index is 2.13. The van der Waals surface area contributed by atoms with Crippen molar-refractivity contribution in [1.82, 2.24) is 0 Å². The van der Waals surface area contributed by atoms with Crippen molar-refractivity contribution in [2.24, 2.45) is 5.92 Å². The lowest BCUT2D eigenvalue weighted by Gasteiger charge is -2.32. The summed E-state index contributed by atoms with van der Waals surface area (Å²) in [6.07, 6.45) is -3.86. The summed E-state index contributed by atoms with van der Waals surface area (Å²) in [7, 11) is 0. The maximum atomic E-state index is 13.8. The largest absolute Gasteiger partial charge is 0.481 e. The van der Waals surface area contributed by atoms with Crippen molar-refractivity contribution in [3.05, 3.63) is 29.6 Å². The van der Waals surface area contributed by atoms with Crippen LogP contribution in [0.5, 0.6) is 0 Å².